The largest absolute Gasteiger partial charge is 0.520 e. The van der Waals surface area contributed by atoms with Crippen molar-refractivity contribution in [1.29, 1.82) is 0 Å². The number of carbonyl (C=O) groups excluding carboxylic acids is 1. The molecule has 4 heteroatoms. The van der Waals surface area contributed by atoms with Crippen molar-refractivity contribution >= 4 is 14.3 Å². The van der Waals surface area contributed by atoms with E-state index in [0.29, 0.717) is 12.8 Å². The van der Waals surface area contributed by atoms with Crippen molar-refractivity contribution in [2.75, 3.05) is 0 Å². The quantitative estimate of drug-likeness (QED) is 0.820. The van der Waals surface area contributed by atoms with E-state index in [-0.39, 0.29) is 11.7 Å². The van der Waals surface area contributed by atoms with Crippen LogP contribution in [0.5, 0.6) is 5.75 Å². The molecule has 1 N–H and O–H groups in total. The van der Waals surface area contributed by atoms with Gasteiger partial charge in [0.05, 0.1) is 0 Å². The number of aromatic hydroxyl groups is 1. The summed E-state index contributed by atoms with van der Waals surface area (Å²) in [5.41, 5.74) is 1.03. The van der Waals surface area contributed by atoms with Crippen LogP contribution < -0.4 is 0 Å². The van der Waals surface area contributed by atoms with Gasteiger partial charge in [0.1, 0.15) is 5.75 Å². The van der Waals surface area contributed by atoms with Crippen LogP contribution in [-0.4, -0.2) is 19.4 Å². The lowest BCUT2D eigenvalue weighted by Gasteiger charge is -2.17. The maximum absolute atomic E-state index is 11.5. The van der Waals surface area contributed by atoms with Gasteiger partial charge in [0, 0.05) is 6.42 Å². The smallest absolute Gasteiger partial charge is 0.292 e. The summed E-state index contributed by atoms with van der Waals surface area (Å²) in [5, 5.41) is 9.10. The van der Waals surface area contributed by atoms with Crippen molar-refractivity contribution in [1.82, 2.24) is 0 Å². The highest BCUT2D eigenvalue weighted by Gasteiger charge is 2.19. The third-order valence-corrected chi connectivity index (χ3v) is 2.81. The molecule has 1 aromatic rings. The molecule has 0 aliphatic rings. The highest BCUT2D eigenvalue weighted by molar-refractivity contribution is 6.71. The Labute approximate surface area is 97.2 Å². The summed E-state index contributed by atoms with van der Waals surface area (Å²) < 4.78 is 5.33. The number of benzene rings is 1. The molecule has 1 rings (SSSR count). The Hall–Kier alpha value is -1.29. The molecule has 0 amide bonds. The molecule has 0 aliphatic carbocycles. The maximum Gasteiger partial charge on any atom is 0.292 e. The molecular formula is C12H18O3Si. The minimum atomic E-state index is -1.76. The second kappa shape index (κ2) is 5.16. The molecule has 1 aromatic carbocycles. The Balaban J connectivity index is 2.40. The Morgan fingerprint density at radius 3 is 2.31 bits per heavy atom. The molecule has 3 nitrogen and oxygen atoms in total. The zero-order chi connectivity index (χ0) is 12.2. The third-order valence-electron chi connectivity index (χ3n) is 1.97. The maximum atomic E-state index is 11.5. The van der Waals surface area contributed by atoms with E-state index in [0.717, 1.165) is 5.56 Å². The first-order chi connectivity index (χ1) is 7.37. The van der Waals surface area contributed by atoms with Gasteiger partial charge in [0.2, 0.25) is 8.32 Å². The van der Waals surface area contributed by atoms with Gasteiger partial charge in [-0.25, -0.2) is 0 Å². The van der Waals surface area contributed by atoms with E-state index in [9.17, 15) is 4.79 Å². The first-order valence-corrected chi connectivity index (χ1v) is 8.77. The van der Waals surface area contributed by atoms with E-state index >= 15 is 0 Å². The lowest BCUT2D eigenvalue weighted by Crippen LogP contribution is -2.29. The lowest BCUT2D eigenvalue weighted by molar-refractivity contribution is -0.135. The third kappa shape index (κ3) is 4.98. The second-order valence-corrected chi connectivity index (χ2v) is 9.18. The molecule has 0 aliphatic heterocycles. The van der Waals surface area contributed by atoms with Crippen LogP contribution in [0.4, 0.5) is 0 Å². The van der Waals surface area contributed by atoms with Gasteiger partial charge in [-0.2, -0.15) is 0 Å². The van der Waals surface area contributed by atoms with E-state index in [1.54, 1.807) is 12.1 Å². The molecular weight excluding hydrogens is 220 g/mol. The Bertz CT molecular complexity index is 352. The molecule has 88 valence electrons. The fourth-order valence-corrected chi connectivity index (χ4v) is 2.09. The SMILES string of the molecule is C[Si](C)(C)OC(=O)CCc1ccc(O)cc1. The van der Waals surface area contributed by atoms with Gasteiger partial charge < -0.3 is 9.53 Å². The standard InChI is InChI=1S/C12H18O3Si/c1-16(2,3)15-12(14)9-6-10-4-7-11(13)8-5-10/h4-5,7-8,13H,6,9H2,1-3H3. The first-order valence-electron chi connectivity index (χ1n) is 5.36. The van der Waals surface area contributed by atoms with Crippen molar-refractivity contribution < 1.29 is 14.3 Å². The molecule has 0 heterocycles. The number of phenols is 1. The second-order valence-electron chi connectivity index (χ2n) is 4.75. The number of hydrogen-bond donors (Lipinski definition) is 1. The van der Waals surface area contributed by atoms with Gasteiger partial charge in [-0.1, -0.05) is 12.1 Å². The van der Waals surface area contributed by atoms with Crippen molar-refractivity contribution in [3.05, 3.63) is 29.8 Å². The van der Waals surface area contributed by atoms with Gasteiger partial charge >= 0.3 is 0 Å². The van der Waals surface area contributed by atoms with E-state index < -0.39 is 8.32 Å². The van der Waals surface area contributed by atoms with E-state index in [1.165, 1.54) is 0 Å². The summed E-state index contributed by atoms with van der Waals surface area (Å²) >= 11 is 0. The highest BCUT2D eigenvalue weighted by Crippen LogP contribution is 2.12. The van der Waals surface area contributed by atoms with Crippen molar-refractivity contribution in [2.24, 2.45) is 0 Å². The lowest BCUT2D eigenvalue weighted by atomic mass is 10.1. The van der Waals surface area contributed by atoms with Crippen LogP contribution in [0.2, 0.25) is 19.6 Å². The van der Waals surface area contributed by atoms with Crippen LogP contribution in [0.1, 0.15) is 12.0 Å². The highest BCUT2D eigenvalue weighted by atomic mass is 28.4. The zero-order valence-electron chi connectivity index (χ0n) is 9.99. The topological polar surface area (TPSA) is 46.5 Å². The Morgan fingerprint density at radius 2 is 1.81 bits per heavy atom. The van der Waals surface area contributed by atoms with Crippen LogP contribution in [0.15, 0.2) is 24.3 Å². The summed E-state index contributed by atoms with van der Waals surface area (Å²) in [5.74, 6) is 0.112. The zero-order valence-corrected chi connectivity index (χ0v) is 11.0. The van der Waals surface area contributed by atoms with Crippen molar-refractivity contribution in [3.63, 3.8) is 0 Å². The predicted octanol–water partition coefficient (Wildman–Crippen LogP) is 2.70. The van der Waals surface area contributed by atoms with Gasteiger partial charge in [0.15, 0.2) is 0 Å². The molecule has 0 saturated heterocycles. The van der Waals surface area contributed by atoms with E-state index in [4.69, 9.17) is 9.53 Å². The minimum absolute atomic E-state index is 0.132. The van der Waals surface area contributed by atoms with Crippen molar-refractivity contribution in [3.8, 4) is 5.75 Å². The van der Waals surface area contributed by atoms with Gasteiger partial charge in [-0.15, -0.1) is 0 Å². The Kier molecular flexibility index (Phi) is 4.12. The molecule has 0 saturated carbocycles. The number of rotatable bonds is 4. The minimum Gasteiger partial charge on any atom is -0.520 e. The molecule has 0 bridgehead atoms. The fraction of sp³-hybridized carbons (Fsp3) is 0.417. The average molecular weight is 238 g/mol. The van der Waals surface area contributed by atoms with Gasteiger partial charge in [-0.05, 0) is 43.8 Å². The van der Waals surface area contributed by atoms with E-state index in [2.05, 4.69) is 0 Å². The molecule has 0 unspecified atom stereocenters. The molecule has 0 radical (unpaired) electrons. The summed E-state index contributed by atoms with van der Waals surface area (Å²) in [4.78, 5) is 11.5. The Morgan fingerprint density at radius 1 is 1.25 bits per heavy atom. The van der Waals surface area contributed by atoms with Gasteiger partial charge in [0.25, 0.3) is 5.97 Å². The number of aryl methyl sites for hydroxylation is 1. The van der Waals surface area contributed by atoms with E-state index in [1.807, 2.05) is 31.8 Å². The number of carbonyl (C=O) groups is 1. The molecule has 0 fully saturated rings. The summed E-state index contributed by atoms with van der Waals surface area (Å²) in [6.45, 7) is 5.97. The molecule has 16 heavy (non-hydrogen) atoms. The summed E-state index contributed by atoms with van der Waals surface area (Å²) in [7, 11) is -1.76. The monoisotopic (exact) mass is 238 g/mol. The summed E-state index contributed by atoms with van der Waals surface area (Å²) in [6, 6.07) is 6.88. The predicted molar refractivity (Wildman–Crippen MR) is 65.9 cm³/mol. The average Bonchev–Trinajstić information content (AvgIpc) is 2.14. The molecule has 0 spiro atoms. The van der Waals surface area contributed by atoms with Crippen LogP contribution >= 0.6 is 0 Å². The van der Waals surface area contributed by atoms with Crippen LogP contribution in [0.3, 0.4) is 0 Å². The summed E-state index contributed by atoms with van der Waals surface area (Å²) in [6.07, 6.45) is 1.05. The fourth-order valence-electron chi connectivity index (χ4n) is 1.30. The number of hydrogen-bond acceptors (Lipinski definition) is 3. The van der Waals surface area contributed by atoms with Gasteiger partial charge in [-0.3, -0.25) is 4.79 Å². The molecule has 0 aromatic heterocycles. The van der Waals surface area contributed by atoms with Crippen molar-refractivity contribution in [2.45, 2.75) is 32.5 Å². The number of phenolic OH excluding ortho intramolecular Hbond substituents is 1. The molecule has 0 atom stereocenters. The van der Waals surface area contributed by atoms with Crippen LogP contribution in [0, 0.1) is 0 Å². The van der Waals surface area contributed by atoms with Crippen LogP contribution in [0.25, 0.3) is 0 Å². The first kappa shape index (κ1) is 12.8. The van der Waals surface area contributed by atoms with Crippen LogP contribution in [-0.2, 0) is 15.6 Å². The normalized spacial score (nSPS) is 11.2.